The number of hydrogen-bond acceptors (Lipinski definition) is 3. The SMILES string of the molecule is CCNC(=NCc1ccc(C)c(F)c1)NCc1nc(C(C)C)cs1. The van der Waals surface area contributed by atoms with Gasteiger partial charge in [-0.1, -0.05) is 26.0 Å². The molecule has 0 aliphatic heterocycles. The number of halogens is 1. The fourth-order valence-corrected chi connectivity index (χ4v) is 2.97. The van der Waals surface area contributed by atoms with E-state index in [1.807, 2.05) is 13.0 Å². The van der Waals surface area contributed by atoms with E-state index in [0.717, 1.165) is 22.8 Å². The molecule has 0 atom stereocenters. The number of thiazole rings is 1. The Morgan fingerprint density at radius 3 is 2.75 bits per heavy atom. The number of guanidine groups is 1. The van der Waals surface area contributed by atoms with E-state index >= 15 is 0 Å². The summed E-state index contributed by atoms with van der Waals surface area (Å²) in [6.45, 7) is 9.88. The summed E-state index contributed by atoms with van der Waals surface area (Å²) in [5.41, 5.74) is 2.62. The lowest BCUT2D eigenvalue weighted by Gasteiger charge is -2.10. The molecule has 1 aromatic carbocycles. The number of hydrogen-bond donors (Lipinski definition) is 2. The van der Waals surface area contributed by atoms with E-state index in [-0.39, 0.29) is 5.82 Å². The van der Waals surface area contributed by atoms with Gasteiger partial charge in [0.1, 0.15) is 10.8 Å². The molecule has 0 aliphatic carbocycles. The Bertz CT molecular complexity index is 694. The fourth-order valence-electron chi connectivity index (χ4n) is 2.08. The minimum Gasteiger partial charge on any atom is -0.357 e. The fraction of sp³-hybridized carbons (Fsp3) is 0.444. The summed E-state index contributed by atoms with van der Waals surface area (Å²) in [6, 6.07) is 5.23. The van der Waals surface area contributed by atoms with Gasteiger partial charge in [0.15, 0.2) is 5.96 Å². The molecule has 0 bridgehead atoms. The number of aromatic nitrogens is 1. The van der Waals surface area contributed by atoms with Crippen molar-refractivity contribution in [3.63, 3.8) is 0 Å². The van der Waals surface area contributed by atoms with E-state index < -0.39 is 0 Å². The van der Waals surface area contributed by atoms with Gasteiger partial charge < -0.3 is 10.6 Å². The van der Waals surface area contributed by atoms with Crippen molar-refractivity contribution in [2.75, 3.05) is 6.54 Å². The van der Waals surface area contributed by atoms with Crippen molar-refractivity contribution in [2.24, 2.45) is 4.99 Å². The normalized spacial score (nSPS) is 11.8. The maximum atomic E-state index is 13.6. The lowest BCUT2D eigenvalue weighted by Crippen LogP contribution is -2.36. The first kappa shape index (κ1) is 18.4. The number of aliphatic imine (C=N–C) groups is 1. The maximum absolute atomic E-state index is 13.6. The van der Waals surface area contributed by atoms with Crippen LogP contribution in [0.25, 0.3) is 0 Å². The molecule has 2 rings (SSSR count). The van der Waals surface area contributed by atoms with Crippen molar-refractivity contribution in [1.82, 2.24) is 15.6 Å². The summed E-state index contributed by atoms with van der Waals surface area (Å²) in [5.74, 6) is 0.956. The predicted molar refractivity (Wildman–Crippen MR) is 99.0 cm³/mol. The van der Waals surface area contributed by atoms with Crippen LogP contribution in [0.1, 0.15) is 48.5 Å². The van der Waals surface area contributed by atoms with Crippen molar-refractivity contribution in [2.45, 2.75) is 46.7 Å². The summed E-state index contributed by atoms with van der Waals surface area (Å²) in [6.07, 6.45) is 0. The lowest BCUT2D eigenvalue weighted by molar-refractivity contribution is 0.616. The van der Waals surface area contributed by atoms with Crippen LogP contribution in [0.4, 0.5) is 4.39 Å². The van der Waals surface area contributed by atoms with Gasteiger partial charge in [-0.05, 0) is 37.0 Å². The van der Waals surface area contributed by atoms with Crippen LogP contribution in [-0.4, -0.2) is 17.5 Å². The number of nitrogens with zero attached hydrogens (tertiary/aromatic N) is 2. The Morgan fingerprint density at radius 1 is 1.33 bits per heavy atom. The maximum Gasteiger partial charge on any atom is 0.191 e. The Balaban J connectivity index is 1.98. The second-order valence-corrected chi connectivity index (χ2v) is 6.90. The number of nitrogens with one attached hydrogen (secondary N) is 2. The van der Waals surface area contributed by atoms with Crippen LogP contribution < -0.4 is 10.6 Å². The van der Waals surface area contributed by atoms with Crippen LogP contribution >= 0.6 is 11.3 Å². The molecule has 0 spiro atoms. The molecule has 1 heterocycles. The van der Waals surface area contributed by atoms with Gasteiger partial charge in [-0.3, -0.25) is 0 Å². The second kappa shape index (κ2) is 8.78. The van der Waals surface area contributed by atoms with Gasteiger partial charge in [-0.25, -0.2) is 14.4 Å². The summed E-state index contributed by atoms with van der Waals surface area (Å²) < 4.78 is 13.6. The van der Waals surface area contributed by atoms with Crippen LogP contribution in [0.15, 0.2) is 28.6 Å². The van der Waals surface area contributed by atoms with Gasteiger partial charge in [0, 0.05) is 11.9 Å². The minimum absolute atomic E-state index is 0.190. The highest BCUT2D eigenvalue weighted by molar-refractivity contribution is 7.09. The van der Waals surface area contributed by atoms with Crippen molar-refractivity contribution in [1.29, 1.82) is 0 Å². The third-order valence-corrected chi connectivity index (χ3v) is 4.44. The molecule has 0 saturated heterocycles. The molecule has 1 aromatic heterocycles. The molecule has 0 radical (unpaired) electrons. The van der Waals surface area contributed by atoms with Crippen LogP contribution in [0.3, 0.4) is 0 Å². The number of rotatable bonds is 6. The molecule has 0 fully saturated rings. The van der Waals surface area contributed by atoms with Crippen molar-refractivity contribution < 1.29 is 4.39 Å². The highest BCUT2D eigenvalue weighted by Gasteiger charge is 2.06. The molecule has 24 heavy (non-hydrogen) atoms. The number of benzene rings is 1. The Labute approximate surface area is 147 Å². The van der Waals surface area contributed by atoms with Gasteiger partial charge in [0.25, 0.3) is 0 Å². The summed E-state index contributed by atoms with van der Waals surface area (Å²) >= 11 is 1.65. The smallest absolute Gasteiger partial charge is 0.191 e. The third kappa shape index (κ3) is 5.30. The van der Waals surface area contributed by atoms with Crippen LogP contribution in [0.2, 0.25) is 0 Å². The van der Waals surface area contributed by atoms with E-state index in [1.165, 1.54) is 6.07 Å². The largest absolute Gasteiger partial charge is 0.357 e. The van der Waals surface area contributed by atoms with Gasteiger partial charge in [-0.2, -0.15) is 0 Å². The average Bonchev–Trinajstić information content (AvgIpc) is 3.02. The van der Waals surface area contributed by atoms with E-state index in [2.05, 4.69) is 39.8 Å². The quantitative estimate of drug-likeness (QED) is 0.613. The van der Waals surface area contributed by atoms with Gasteiger partial charge in [-0.15, -0.1) is 11.3 Å². The first-order valence-electron chi connectivity index (χ1n) is 8.21. The van der Waals surface area contributed by atoms with E-state index in [9.17, 15) is 4.39 Å². The predicted octanol–water partition coefficient (Wildman–Crippen LogP) is 3.97. The molecular weight excluding hydrogens is 323 g/mol. The van der Waals surface area contributed by atoms with Crippen molar-refractivity contribution in [3.8, 4) is 0 Å². The second-order valence-electron chi connectivity index (χ2n) is 5.95. The Kier molecular flexibility index (Phi) is 6.73. The minimum atomic E-state index is -0.190. The molecule has 4 nitrogen and oxygen atoms in total. The first-order valence-corrected chi connectivity index (χ1v) is 9.09. The zero-order valence-electron chi connectivity index (χ0n) is 14.7. The molecular formula is C18H25FN4S. The van der Waals surface area contributed by atoms with Crippen molar-refractivity contribution >= 4 is 17.3 Å². The van der Waals surface area contributed by atoms with Gasteiger partial charge in [0.05, 0.1) is 18.8 Å². The molecule has 2 N–H and O–H groups in total. The molecule has 0 aliphatic rings. The Hall–Kier alpha value is -1.95. The molecule has 0 saturated carbocycles. The molecule has 6 heteroatoms. The Morgan fingerprint density at radius 2 is 2.12 bits per heavy atom. The molecule has 2 aromatic rings. The first-order chi connectivity index (χ1) is 11.5. The van der Waals surface area contributed by atoms with E-state index in [1.54, 1.807) is 24.3 Å². The highest BCUT2D eigenvalue weighted by atomic mass is 32.1. The number of aryl methyl sites for hydroxylation is 1. The van der Waals surface area contributed by atoms with Crippen LogP contribution in [-0.2, 0) is 13.1 Å². The highest BCUT2D eigenvalue weighted by Crippen LogP contribution is 2.17. The summed E-state index contributed by atoms with van der Waals surface area (Å²) in [7, 11) is 0. The van der Waals surface area contributed by atoms with Gasteiger partial charge in [0.2, 0.25) is 0 Å². The average molecular weight is 348 g/mol. The summed E-state index contributed by atoms with van der Waals surface area (Å²) in [4.78, 5) is 9.12. The van der Waals surface area contributed by atoms with Crippen LogP contribution in [0.5, 0.6) is 0 Å². The topological polar surface area (TPSA) is 49.3 Å². The third-order valence-electron chi connectivity index (χ3n) is 3.57. The molecule has 0 unspecified atom stereocenters. The lowest BCUT2D eigenvalue weighted by atomic mass is 10.1. The van der Waals surface area contributed by atoms with E-state index in [0.29, 0.717) is 30.5 Å². The van der Waals surface area contributed by atoms with E-state index in [4.69, 9.17) is 0 Å². The van der Waals surface area contributed by atoms with Crippen LogP contribution in [0, 0.1) is 12.7 Å². The monoisotopic (exact) mass is 348 g/mol. The standard InChI is InChI=1S/C18H25FN4S/c1-5-20-18(21-9-14-7-6-13(4)15(19)8-14)22-10-17-23-16(11-24-17)12(2)3/h6-8,11-12H,5,9-10H2,1-4H3,(H2,20,21,22). The molecule has 130 valence electrons. The molecule has 0 amide bonds. The van der Waals surface area contributed by atoms with Crippen molar-refractivity contribution in [3.05, 3.63) is 51.2 Å². The summed E-state index contributed by atoms with van der Waals surface area (Å²) in [5, 5.41) is 9.61. The van der Waals surface area contributed by atoms with Gasteiger partial charge >= 0.3 is 0 Å². The zero-order valence-corrected chi connectivity index (χ0v) is 15.5. The zero-order chi connectivity index (χ0) is 17.5.